The van der Waals surface area contributed by atoms with Gasteiger partial charge in [-0.3, -0.25) is 0 Å². The van der Waals surface area contributed by atoms with Crippen LogP contribution in [-0.2, 0) is 0 Å². The maximum absolute atomic E-state index is 11.0. The van der Waals surface area contributed by atoms with Crippen LogP contribution in [0.5, 0.6) is 0 Å². The summed E-state index contributed by atoms with van der Waals surface area (Å²) < 4.78 is 0. The molecule has 1 rings (SSSR count). The third-order valence-electron chi connectivity index (χ3n) is 2.33. The summed E-state index contributed by atoms with van der Waals surface area (Å²) in [5.74, 6) is -1.03. The Morgan fingerprint density at radius 3 is 2.53 bits per heavy atom. The second kappa shape index (κ2) is 6.21. The van der Waals surface area contributed by atoms with Crippen molar-refractivity contribution in [2.24, 2.45) is 0 Å². The van der Waals surface area contributed by atoms with Crippen LogP contribution in [0.4, 0.5) is 0 Å². The first-order chi connectivity index (χ1) is 7.97. The van der Waals surface area contributed by atoms with Crippen LogP contribution in [0.15, 0.2) is 18.2 Å². The molecule has 94 valence electrons. The van der Waals surface area contributed by atoms with E-state index in [1.54, 1.807) is 0 Å². The lowest BCUT2D eigenvalue weighted by Gasteiger charge is -2.19. The lowest BCUT2D eigenvalue weighted by molar-refractivity contribution is 0.0160. The molecule has 3 N–H and O–H groups in total. The highest BCUT2D eigenvalue weighted by Crippen LogP contribution is 2.25. The Bertz CT molecular complexity index is 408. The summed E-state index contributed by atoms with van der Waals surface area (Å²) in [4.78, 5) is 11.0. The van der Waals surface area contributed by atoms with Crippen LogP contribution in [0.2, 0.25) is 5.02 Å². The number of halogens is 2. The van der Waals surface area contributed by atoms with Gasteiger partial charge < -0.3 is 15.3 Å². The SMILES string of the molecule is O=C(O)c1cc(Cl)ccc1C(O)C(O)CCCl. The van der Waals surface area contributed by atoms with Gasteiger partial charge >= 0.3 is 5.97 Å². The van der Waals surface area contributed by atoms with Crippen molar-refractivity contribution in [2.75, 3.05) is 5.88 Å². The first-order valence-electron chi connectivity index (χ1n) is 4.92. The highest BCUT2D eigenvalue weighted by atomic mass is 35.5. The van der Waals surface area contributed by atoms with Crippen molar-refractivity contribution < 1.29 is 20.1 Å². The van der Waals surface area contributed by atoms with E-state index >= 15 is 0 Å². The average Bonchev–Trinajstić information content (AvgIpc) is 2.28. The van der Waals surface area contributed by atoms with Gasteiger partial charge in [-0.25, -0.2) is 4.79 Å². The van der Waals surface area contributed by atoms with Crippen molar-refractivity contribution in [2.45, 2.75) is 18.6 Å². The number of benzene rings is 1. The molecule has 1 aromatic rings. The second-order valence-electron chi connectivity index (χ2n) is 3.53. The monoisotopic (exact) mass is 278 g/mol. The van der Waals surface area contributed by atoms with E-state index in [9.17, 15) is 15.0 Å². The van der Waals surface area contributed by atoms with Gasteiger partial charge in [0.25, 0.3) is 0 Å². The average molecular weight is 279 g/mol. The van der Waals surface area contributed by atoms with Crippen molar-refractivity contribution in [1.29, 1.82) is 0 Å². The highest BCUT2D eigenvalue weighted by molar-refractivity contribution is 6.31. The van der Waals surface area contributed by atoms with Crippen LogP contribution in [0.3, 0.4) is 0 Å². The number of aliphatic hydroxyl groups is 2. The topological polar surface area (TPSA) is 77.8 Å². The molecule has 1 aromatic carbocycles. The number of hydrogen-bond acceptors (Lipinski definition) is 3. The molecule has 0 saturated heterocycles. The third kappa shape index (κ3) is 3.57. The third-order valence-corrected chi connectivity index (χ3v) is 2.79. The molecule has 0 radical (unpaired) electrons. The fourth-order valence-corrected chi connectivity index (χ4v) is 1.84. The minimum atomic E-state index is -1.29. The standard InChI is InChI=1S/C11H12Cl2O4/c12-4-3-9(14)10(15)7-2-1-6(13)5-8(7)11(16)17/h1-2,5,9-10,14-15H,3-4H2,(H,16,17). The van der Waals surface area contributed by atoms with E-state index in [-0.39, 0.29) is 28.5 Å². The summed E-state index contributed by atoms with van der Waals surface area (Å²) in [5, 5.41) is 28.6. The number of rotatable bonds is 5. The summed E-state index contributed by atoms with van der Waals surface area (Å²) in [6.07, 6.45) is -2.23. The van der Waals surface area contributed by atoms with Gasteiger partial charge in [0.1, 0.15) is 6.10 Å². The zero-order valence-electron chi connectivity index (χ0n) is 8.81. The molecule has 0 bridgehead atoms. The first kappa shape index (κ1) is 14.3. The number of aliphatic hydroxyl groups excluding tert-OH is 2. The van der Waals surface area contributed by atoms with Crippen LogP contribution in [-0.4, -0.2) is 33.3 Å². The molecule has 0 aliphatic rings. The lowest BCUT2D eigenvalue weighted by atomic mass is 9.97. The van der Waals surface area contributed by atoms with Crippen LogP contribution >= 0.6 is 23.2 Å². The fourth-order valence-electron chi connectivity index (χ4n) is 1.45. The first-order valence-corrected chi connectivity index (χ1v) is 5.83. The van der Waals surface area contributed by atoms with Crippen molar-refractivity contribution in [3.8, 4) is 0 Å². The predicted molar refractivity (Wildman–Crippen MR) is 64.7 cm³/mol. The Balaban J connectivity index is 3.08. The van der Waals surface area contributed by atoms with Gasteiger partial charge in [-0.2, -0.15) is 0 Å². The number of hydrogen-bond donors (Lipinski definition) is 3. The van der Waals surface area contributed by atoms with Gasteiger partial charge in [0.2, 0.25) is 0 Å². The van der Waals surface area contributed by atoms with E-state index in [4.69, 9.17) is 28.3 Å². The van der Waals surface area contributed by atoms with Gasteiger partial charge in [0.15, 0.2) is 0 Å². The Kier molecular flexibility index (Phi) is 5.21. The van der Waals surface area contributed by atoms with E-state index in [1.807, 2.05) is 0 Å². The molecular formula is C11H12Cl2O4. The van der Waals surface area contributed by atoms with Gasteiger partial charge in [-0.1, -0.05) is 17.7 Å². The summed E-state index contributed by atoms with van der Waals surface area (Å²) in [6, 6.07) is 4.07. The molecule has 0 spiro atoms. The highest BCUT2D eigenvalue weighted by Gasteiger charge is 2.23. The van der Waals surface area contributed by atoms with Crippen molar-refractivity contribution >= 4 is 29.2 Å². The quantitative estimate of drug-likeness (QED) is 0.721. The summed E-state index contributed by atoms with van der Waals surface area (Å²) in [6.45, 7) is 0. The summed E-state index contributed by atoms with van der Waals surface area (Å²) >= 11 is 11.1. The summed E-state index contributed by atoms with van der Waals surface area (Å²) in [5.41, 5.74) is -0.00172. The molecule has 2 unspecified atom stereocenters. The Labute approximate surface area is 108 Å². The van der Waals surface area contributed by atoms with E-state index in [0.29, 0.717) is 0 Å². The molecule has 4 nitrogen and oxygen atoms in total. The van der Waals surface area contributed by atoms with Gasteiger partial charge in [0.05, 0.1) is 11.7 Å². The number of carboxylic acid groups (broad SMARTS) is 1. The molecule has 0 fully saturated rings. The molecule has 2 atom stereocenters. The predicted octanol–water partition coefficient (Wildman–Crippen LogP) is 2.06. The fraction of sp³-hybridized carbons (Fsp3) is 0.364. The molecule has 0 saturated carbocycles. The minimum Gasteiger partial charge on any atom is -0.478 e. The van der Waals surface area contributed by atoms with E-state index in [2.05, 4.69) is 0 Å². The van der Waals surface area contributed by atoms with Crippen molar-refractivity contribution in [3.63, 3.8) is 0 Å². The zero-order chi connectivity index (χ0) is 13.0. The Hall–Kier alpha value is -0.810. The second-order valence-corrected chi connectivity index (χ2v) is 4.34. The molecule has 0 aliphatic carbocycles. The molecule has 0 aromatic heterocycles. The van der Waals surface area contributed by atoms with Gasteiger partial charge in [0, 0.05) is 10.9 Å². The van der Waals surface area contributed by atoms with Crippen LogP contribution in [0.25, 0.3) is 0 Å². The van der Waals surface area contributed by atoms with E-state index < -0.39 is 18.2 Å². The molecule has 17 heavy (non-hydrogen) atoms. The number of aromatic carboxylic acids is 1. The maximum atomic E-state index is 11.0. The van der Waals surface area contributed by atoms with Gasteiger partial charge in [-0.15, -0.1) is 11.6 Å². The van der Waals surface area contributed by atoms with Crippen LogP contribution in [0, 0.1) is 0 Å². The number of alkyl halides is 1. The zero-order valence-corrected chi connectivity index (χ0v) is 10.3. The van der Waals surface area contributed by atoms with E-state index in [1.165, 1.54) is 18.2 Å². The lowest BCUT2D eigenvalue weighted by Crippen LogP contribution is -2.21. The maximum Gasteiger partial charge on any atom is 0.336 e. The molecule has 0 amide bonds. The van der Waals surface area contributed by atoms with Crippen LogP contribution in [0.1, 0.15) is 28.4 Å². The van der Waals surface area contributed by atoms with Gasteiger partial charge in [-0.05, 0) is 24.1 Å². The Morgan fingerprint density at radius 1 is 1.35 bits per heavy atom. The largest absolute Gasteiger partial charge is 0.478 e. The minimum absolute atomic E-state index is 0.125. The number of carboxylic acids is 1. The number of carbonyl (C=O) groups is 1. The van der Waals surface area contributed by atoms with E-state index in [0.717, 1.165) is 0 Å². The normalized spacial score (nSPS) is 14.4. The summed E-state index contributed by atoms with van der Waals surface area (Å²) in [7, 11) is 0. The molecule has 0 heterocycles. The van der Waals surface area contributed by atoms with Crippen molar-refractivity contribution in [3.05, 3.63) is 34.3 Å². The van der Waals surface area contributed by atoms with Crippen LogP contribution < -0.4 is 0 Å². The molecule has 0 aliphatic heterocycles. The van der Waals surface area contributed by atoms with Crippen molar-refractivity contribution in [1.82, 2.24) is 0 Å². The Morgan fingerprint density at radius 2 is 2.00 bits per heavy atom. The smallest absolute Gasteiger partial charge is 0.336 e. The molecular weight excluding hydrogens is 267 g/mol. The molecule has 6 heteroatoms.